The number of hydrogen-bond donors (Lipinski definition) is 2. The molecule has 0 saturated carbocycles. The zero-order valence-corrected chi connectivity index (χ0v) is 15.2. The van der Waals surface area contributed by atoms with Crippen LogP contribution in [-0.2, 0) is 9.59 Å². The molecule has 0 spiro atoms. The Bertz CT molecular complexity index is 867. The van der Waals surface area contributed by atoms with Crippen molar-refractivity contribution in [1.82, 2.24) is 5.43 Å². The lowest BCUT2D eigenvalue weighted by Crippen LogP contribution is -2.32. The molecule has 9 heteroatoms. The zero-order chi connectivity index (χ0) is 18.5. The number of amides is 2. The van der Waals surface area contributed by atoms with Crippen LogP contribution in [0.25, 0.3) is 0 Å². The molecule has 1 aliphatic rings. The predicted octanol–water partition coefficient (Wildman–Crippen LogP) is 2.28. The van der Waals surface area contributed by atoms with Crippen molar-refractivity contribution in [2.75, 3.05) is 19.2 Å². The maximum Gasteiger partial charge on any atom is 0.329 e. The van der Waals surface area contributed by atoms with Gasteiger partial charge in [-0.3, -0.25) is 9.59 Å². The second kappa shape index (κ2) is 7.87. The van der Waals surface area contributed by atoms with Gasteiger partial charge >= 0.3 is 11.8 Å². The minimum absolute atomic E-state index is 0.157. The van der Waals surface area contributed by atoms with E-state index in [9.17, 15) is 9.59 Å². The molecular formula is C17H14BrN3O5. The predicted molar refractivity (Wildman–Crippen MR) is 97.6 cm³/mol. The van der Waals surface area contributed by atoms with Gasteiger partial charge in [-0.2, -0.15) is 5.10 Å². The van der Waals surface area contributed by atoms with Gasteiger partial charge in [-0.05, 0) is 52.3 Å². The summed E-state index contributed by atoms with van der Waals surface area (Å²) in [5, 5.41) is 6.25. The Labute approximate surface area is 157 Å². The first-order chi connectivity index (χ1) is 12.6. The number of halogens is 1. The molecular weight excluding hydrogens is 406 g/mol. The van der Waals surface area contributed by atoms with Crippen LogP contribution in [0, 0.1) is 0 Å². The minimum Gasteiger partial charge on any atom is -0.497 e. The van der Waals surface area contributed by atoms with Crippen LogP contribution in [0.5, 0.6) is 17.2 Å². The summed E-state index contributed by atoms with van der Waals surface area (Å²) in [7, 11) is 1.54. The van der Waals surface area contributed by atoms with Crippen molar-refractivity contribution in [3.63, 3.8) is 0 Å². The number of anilines is 1. The SMILES string of the molecule is COc1ccc(NC(=O)C(=O)N/N=C\c2cc3c(cc2Br)OCO3)cc1. The van der Waals surface area contributed by atoms with Gasteiger partial charge in [-0.25, -0.2) is 5.43 Å². The molecule has 0 aromatic heterocycles. The van der Waals surface area contributed by atoms with Gasteiger partial charge in [-0.1, -0.05) is 0 Å². The number of rotatable bonds is 4. The van der Waals surface area contributed by atoms with Gasteiger partial charge in [0, 0.05) is 15.7 Å². The molecule has 0 saturated heterocycles. The van der Waals surface area contributed by atoms with E-state index in [4.69, 9.17) is 14.2 Å². The number of carbonyl (C=O) groups is 2. The van der Waals surface area contributed by atoms with Crippen LogP contribution in [-0.4, -0.2) is 31.9 Å². The number of nitrogens with one attached hydrogen (secondary N) is 2. The number of hydrazone groups is 1. The molecule has 0 bridgehead atoms. The monoisotopic (exact) mass is 419 g/mol. The number of ether oxygens (including phenoxy) is 3. The average molecular weight is 420 g/mol. The molecule has 2 N–H and O–H groups in total. The second-order valence-electron chi connectivity index (χ2n) is 5.11. The van der Waals surface area contributed by atoms with E-state index in [-0.39, 0.29) is 6.79 Å². The third-order valence-corrected chi connectivity index (χ3v) is 4.10. The largest absolute Gasteiger partial charge is 0.497 e. The van der Waals surface area contributed by atoms with Gasteiger partial charge in [-0.15, -0.1) is 0 Å². The summed E-state index contributed by atoms with van der Waals surface area (Å²) in [5.74, 6) is 0.118. The molecule has 0 unspecified atom stereocenters. The zero-order valence-electron chi connectivity index (χ0n) is 13.6. The maximum absolute atomic E-state index is 11.9. The van der Waals surface area contributed by atoms with Crippen LogP contribution in [0.1, 0.15) is 5.56 Å². The summed E-state index contributed by atoms with van der Waals surface area (Å²) in [6.07, 6.45) is 1.39. The van der Waals surface area contributed by atoms with E-state index in [2.05, 4.69) is 31.8 Å². The molecule has 0 atom stereocenters. The summed E-state index contributed by atoms with van der Waals surface area (Å²) in [6.45, 7) is 0.157. The van der Waals surface area contributed by atoms with Gasteiger partial charge in [0.05, 0.1) is 13.3 Å². The van der Waals surface area contributed by atoms with E-state index in [1.165, 1.54) is 13.3 Å². The summed E-state index contributed by atoms with van der Waals surface area (Å²) in [6, 6.07) is 10.0. The molecule has 2 aromatic rings. The molecule has 26 heavy (non-hydrogen) atoms. The number of hydrogen-bond acceptors (Lipinski definition) is 6. The van der Waals surface area contributed by atoms with Crippen LogP contribution < -0.4 is 25.0 Å². The van der Waals surface area contributed by atoms with Crippen molar-refractivity contribution < 1.29 is 23.8 Å². The normalized spacial score (nSPS) is 12.1. The highest BCUT2D eigenvalue weighted by Crippen LogP contribution is 2.36. The Hall–Kier alpha value is -3.07. The smallest absolute Gasteiger partial charge is 0.329 e. The van der Waals surface area contributed by atoms with Gasteiger partial charge in [0.25, 0.3) is 0 Å². The molecule has 1 heterocycles. The fraction of sp³-hybridized carbons (Fsp3) is 0.118. The van der Waals surface area contributed by atoms with E-state index >= 15 is 0 Å². The van der Waals surface area contributed by atoms with Gasteiger partial charge < -0.3 is 19.5 Å². The third kappa shape index (κ3) is 4.12. The lowest BCUT2D eigenvalue weighted by atomic mass is 10.2. The fourth-order valence-corrected chi connectivity index (χ4v) is 2.53. The van der Waals surface area contributed by atoms with E-state index in [1.54, 1.807) is 36.4 Å². The van der Waals surface area contributed by atoms with Crippen LogP contribution in [0.2, 0.25) is 0 Å². The van der Waals surface area contributed by atoms with Crippen molar-refractivity contribution in [2.24, 2.45) is 5.10 Å². The Morgan fingerprint density at radius 2 is 1.85 bits per heavy atom. The van der Waals surface area contributed by atoms with E-state index in [0.717, 1.165) is 0 Å². The number of methoxy groups -OCH3 is 1. The first-order valence-electron chi connectivity index (χ1n) is 7.44. The number of nitrogens with zero attached hydrogens (tertiary/aromatic N) is 1. The topological polar surface area (TPSA) is 98.2 Å². The fourth-order valence-electron chi connectivity index (χ4n) is 2.11. The lowest BCUT2D eigenvalue weighted by Gasteiger charge is -2.05. The van der Waals surface area contributed by atoms with Crippen LogP contribution in [0.15, 0.2) is 46.0 Å². The second-order valence-corrected chi connectivity index (χ2v) is 5.96. The maximum atomic E-state index is 11.9. The molecule has 0 radical (unpaired) electrons. The van der Waals surface area contributed by atoms with E-state index in [0.29, 0.717) is 33.0 Å². The molecule has 2 amide bonds. The van der Waals surface area contributed by atoms with Crippen LogP contribution >= 0.6 is 15.9 Å². The van der Waals surface area contributed by atoms with Gasteiger partial charge in [0.2, 0.25) is 6.79 Å². The molecule has 0 fully saturated rings. The molecule has 1 aliphatic heterocycles. The van der Waals surface area contributed by atoms with Crippen LogP contribution in [0.3, 0.4) is 0 Å². The van der Waals surface area contributed by atoms with Crippen molar-refractivity contribution in [1.29, 1.82) is 0 Å². The number of benzene rings is 2. The quantitative estimate of drug-likeness (QED) is 0.449. The van der Waals surface area contributed by atoms with Gasteiger partial charge in [0.1, 0.15) is 5.75 Å². The van der Waals surface area contributed by atoms with Crippen LogP contribution in [0.4, 0.5) is 5.69 Å². The number of carbonyl (C=O) groups excluding carboxylic acids is 2. The van der Waals surface area contributed by atoms with Crippen molar-refractivity contribution in [3.8, 4) is 17.2 Å². The molecule has 8 nitrogen and oxygen atoms in total. The van der Waals surface area contributed by atoms with E-state index in [1.807, 2.05) is 0 Å². The highest BCUT2D eigenvalue weighted by Gasteiger charge is 2.16. The molecule has 134 valence electrons. The van der Waals surface area contributed by atoms with Crippen molar-refractivity contribution in [3.05, 3.63) is 46.4 Å². The minimum atomic E-state index is -0.895. The summed E-state index contributed by atoms with van der Waals surface area (Å²) in [5.41, 5.74) is 3.29. The average Bonchev–Trinajstić information content (AvgIpc) is 3.09. The van der Waals surface area contributed by atoms with E-state index < -0.39 is 11.8 Å². The Morgan fingerprint density at radius 3 is 2.54 bits per heavy atom. The molecule has 0 aliphatic carbocycles. The first-order valence-corrected chi connectivity index (χ1v) is 8.23. The highest BCUT2D eigenvalue weighted by atomic mass is 79.9. The molecule has 3 rings (SSSR count). The molecule has 2 aromatic carbocycles. The standard InChI is InChI=1S/C17H14BrN3O5/c1-24-12-4-2-11(3-5-12)20-16(22)17(23)21-19-8-10-6-14-15(7-13(10)18)26-9-25-14/h2-8H,9H2,1H3,(H,20,22)(H,21,23)/b19-8-. The third-order valence-electron chi connectivity index (χ3n) is 3.42. The summed E-state index contributed by atoms with van der Waals surface area (Å²) in [4.78, 5) is 23.7. The van der Waals surface area contributed by atoms with Crippen molar-refractivity contribution in [2.45, 2.75) is 0 Å². The Kier molecular flexibility index (Phi) is 5.37. The summed E-state index contributed by atoms with van der Waals surface area (Å²) < 4.78 is 16.3. The Morgan fingerprint density at radius 1 is 1.15 bits per heavy atom. The van der Waals surface area contributed by atoms with Crippen molar-refractivity contribution >= 4 is 39.6 Å². The lowest BCUT2D eigenvalue weighted by molar-refractivity contribution is -0.136. The summed E-state index contributed by atoms with van der Waals surface area (Å²) >= 11 is 3.37. The Balaban J connectivity index is 1.57. The first kappa shape index (κ1) is 17.7. The highest BCUT2D eigenvalue weighted by molar-refractivity contribution is 9.10. The number of fused-ring (bicyclic) bond motifs is 1. The van der Waals surface area contributed by atoms with Gasteiger partial charge in [0.15, 0.2) is 11.5 Å².